The van der Waals surface area contributed by atoms with E-state index in [0.717, 1.165) is 15.8 Å². The first kappa shape index (κ1) is 21.8. The Hall–Kier alpha value is -2.87. The van der Waals surface area contributed by atoms with E-state index in [4.69, 9.17) is 9.47 Å². The van der Waals surface area contributed by atoms with Crippen molar-refractivity contribution in [1.82, 2.24) is 0 Å². The quantitative estimate of drug-likeness (QED) is 0.618. The number of benzene rings is 2. The number of anilines is 2. The van der Waals surface area contributed by atoms with Crippen LogP contribution in [0.15, 0.2) is 46.9 Å². The van der Waals surface area contributed by atoms with Crippen molar-refractivity contribution >= 4 is 45.1 Å². The number of nitrogens with one attached hydrogen (secondary N) is 1. The number of hydrogen-bond acceptors (Lipinski definition) is 5. The zero-order valence-corrected chi connectivity index (χ0v) is 18.4. The molecule has 1 saturated heterocycles. The van der Waals surface area contributed by atoms with Gasteiger partial charge in [0.25, 0.3) is 5.91 Å². The number of esters is 1. The molecule has 0 unspecified atom stereocenters. The van der Waals surface area contributed by atoms with Crippen molar-refractivity contribution in [3.05, 3.63) is 52.5 Å². The molecule has 7 nitrogen and oxygen atoms in total. The number of halogens is 1. The first-order chi connectivity index (χ1) is 14.4. The molecule has 158 valence electrons. The summed E-state index contributed by atoms with van der Waals surface area (Å²) >= 11 is 3.40. The monoisotopic (exact) mass is 474 g/mol. The number of ether oxygens (including phenoxy) is 2. The topological polar surface area (TPSA) is 84.9 Å². The number of carbonyl (C=O) groups is 3. The van der Waals surface area contributed by atoms with Crippen molar-refractivity contribution in [2.24, 2.45) is 5.92 Å². The summed E-state index contributed by atoms with van der Waals surface area (Å²) in [6.07, 6.45) is 0.0551. The predicted octanol–water partition coefficient (Wildman–Crippen LogP) is 3.69. The minimum absolute atomic E-state index is 0.0551. The van der Waals surface area contributed by atoms with Crippen LogP contribution in [0.2, 0.25) is 0 Å². The van der Waals surface area contributed by atoms with Crippen LogP contribution in [-0.4, -0.2) is 37.5 Å². The Morgan fingerprint density at radius 3 is 2.60 bits per heavy atom. The van der Waals surface area contributed by atoms with E-state index in [1.54, 1.807) is 35.2 Å². The number of carbonyl (C=O) groups excluding carboxylic acids is 3. The Morgan fingerprint density at radius 2 is 1.93 bits per heavy atom. The van der Waals surface area contributed by atoms with E-state index in [0.29, 0.717) is 18.0 Å². The average Bonchev–Trinajstić information content (AvgIpc) is 3.11. The molecule has 0 saturated carbocycles. The number of rotatable bonds is 7. The largest absolute Gasteiger partial charge is 0.494 e. The van der Waals surface area contributed by atoms with Crippen molar-refractivity contribution in [2.45, 2.75) is 20.3 Å². The SMILES string of the molecule is CCOc1ccc(N2C[C@H](C(=O)OCC(=O)Nc3ccc(Br)c(C)c3)CC2=O)cc1. The lowest BCUT2D eigenvalue weighted by atomic mass is 10.1. The second-order valence-corrected chi connectivity index (χ2v) is 7.81. The van der Waals surface area contributed by atoms with Gasteiger partial charge in [0, 0.05) is 28.8 Å². The second-order valence-electron chi connectivity index (χ2n) is 6.95. The van der Waals surface area contributed by atoms with Crippen LogP contribution in [0.5, 0.6) is 5.75 Å². The Balaban J connectivity index is 1.51. The zero-order chi connectivity index (χ0) is 21.7. The second kappa shape index (κ2) is 9.75. The fourth-order valence-corrected chi connectivity index (χ4v) is 3.42. The average molecular weight is 475 g/mol. The smallest absolute Gasteiger partial charge is 0.311 e. The fourth-order valence-electron chi connectivity index (χ4n) is 3.18. The molecule has 1 heterocycles. The molecule has 2 aromatic rings. The van der Waals surface area contributed by atoms with Gasteiger partial charge in [-0.2, -0.15) is 0 Å². The van der Waals surface area contributed by atoms with Crippen molar-refractivity contribution in [1.29, 1.82) is 0 Å². The van der Waals surface area contributed by atoms with Crippen LogP contribution in [0, 0.1) is 12.8 Å². The van der Waals surface area contributed by atoms with E-state index in [1.165, 1.54) is 0 Å². The molecule has 2 aromatic carbocycles. The number of aryl methyl sites for hydroxylation is 1. The highest BCUT2D eigenvalue weighted by molar-refractivity contribution is 9.10. The van der Waals surface area contributed by atoms with E-state index in [9.17, 15) is 14.4 Å². The third-order valence-electron chi connectivity index (χ3n) is 4.70. The van der Waals surface area contributed by atoms with Gasteiger partial charge in [-0.15, -0.1) is 0 Å². The van der Waals surface area contributed by atoms with Gasteiger partial charge in [-0.1, -0.05) is 15.9 Å². The van der Waals surface area contributed by atoms with Crippen molar-refractivity contribution in [3.8, 4) is 5.75 Å². The van der Waals surface area contributed by atoms with Crippen molar-refractivity contribution < 1.29 is 23.9 Å². The third-order valence-corrected chi connectivity index (χ3v) is 5.59. The summed E-state index contributed by atoms with van der Waals surface area (Å²) in [4.78, 5) is 38.3. The van der Waals surface area contributed by atoms with Crippen molar-refractivity contribution in [3.63, 3.8) is 0 Å². The Bertz CT molecular complexity index is 945. The highest BCUT2D eigenvalue weighted by Gasteiger charge is 2.36. The van der Waals surface area contributed by atoms with Gasteiger partial charge in [0.15, 0.2) is 6.61 Å². The first-order valence-electron chi connectivity index (χ1n) is 9.63. The van der Waals surface area contributed by atoms with Gasteiger partial charge in [-0.25, -0.2) is 0 Å². The van der Waals surface area contributed by atoms with Crippen LogP contribution in [-0.2, 0) is 19.1 Å². The summed E-state index contributed by atoms with van der Waals surface area (Å²) in [5.74, 6) is -1.03. The van der Waals surface area contributed by atoms with Gasteiger partial charge >= 0.3 is 5.97 Å². The predicted molar refractivity (Wildman–Crippen MR) is 117 cm³/mol. The van der Waals surface area contributed by atoms with E-state index in [2.05, 4.69) is 21.2 Å². The molecule has 1 atom stereocenters. The van der Waals surface area contributed by atoms with E-state index >= 15 is 0 Å². The number of nitrogens with zero attached hydrogens (tertiary/aromatic N) is 1. The van der Waals surface area contributed by atoms with Crippen LogP contribution < -0.4 is 15.0 Å². The Kier molecular flexibility index (Phi) is 7.10. The van der Waals surface area contributed by atoms with Gasteiger partial charge in [-0.05, 0) is 61.9 Å². The fraction of sp³-hybridized carbons (Fsp3) is 0.318. The Morgan fingerprint density at radius 1 is 1.20 bits per heavy atom. The summed E-state index contributed by atoms with van der Waals surface area (Å²) < 4.78 is 11.5. The minimum atomic E-state index is -0.605. The molecule has 0 bridgehead atoms. The van der Waals surface area contributed by atoms with Gasteiger partial charge in [0.1, 0.15) is 5.75 Å². The molecule has 1 N–H and O–H groups in total. The number of amides is 2. The molecule has 3 rings (SSSR count). The van der Waals surface area contributed by atoms with E-state index in [1.807, 2.05) is 26.0 Å². The summed E-state index contributed by atoms with van der Waals surface area (Å²) in [6.45, 7) is 4.19. The lowest BCUT2D eigenvalue weighted by molar-refractivity contribution is -0.151. The summed E-state index contributed by atoms with van der Waals surface area (Å²) in [7, 11) is 0. The van der Waals surface area contributed by atoms with Crippen LogP contribution in [0.1, 0.15) is 18.9 Å². The van der Waals surface area contributed by atoms with Crippen molar-refractivity contribution in [2.75, 3.05) is 30.0 Å². The maximum absolute atomic E-state index is 12.4. The molecule has 0 spiro atoms. The molecule has 1 aliphatic heterocycles. The molecular formula is C22H23BrN2O5. The van der Waals surface area contributed by atoms with Crippen LogP contribution in [0.3, 0.4) is 0 Å². The highest BCUT2D eigenvalue weighted by atomic mass is 79.9. The van der Waals surface area contributed by atoms with Gasteiger partial charge in [0.05, 0.1) is 12.5 Å². The number of hydrogen-bond donors (Lipinski definition) is 1. The molecule has 1 fully saturated rings. The molecule has 0 radical (unpaired) electrons. The Labute approximate surface area is 183 Å². The molecule has 0 aliphatic carbocycles. The molecular weight excluding hydrogens is 452 g/mol. The lowest BCUT2D eigenvalue weighted by Gasteiger charge is -2.17. The van der Waals surface area contributed by atoms with Crippen LogP contribution in [0.4, 0.5) is 11.4 Å². The minimum Gasteiger partial charge on any atom is -0.494 e. The lowest BCUT2D eigenvalue weighted by Crippen LogP contribution is -2.28. The maximum Gasteiger partial charge on any atom is 0.311 e. The van der Waals surface area contributed by atoms with E-state index in [-0.39, 0.29) is 18.9 Å². The normalized spacial score (nSPS) is 15.8. The zero-order valence-electron chi connectivity index (χ0n) is 16.8. The summed E-state index contributed by atoms with van der Waals surface area (Å²) in [6, 6.07) is 12.5. The van der Waals surface area contributed by atoms with Crippen LogP contribution in [0.25, 0.3) is 0 Å². The molecule has 2 amide bonds. The molecule has 8 heteroatoms. The van der Waals surface area contributed by atoms with Gasteiger partial charge in [0.2, 0.25) is 5.91 Å². The van der Waals surface area contributed by atoms with Gasteiger partial charge < -0.3 is 19.7 Å². The standard InChI is InChI=1S/C22H23BrN2O5/c1-3-29-18-7-5-17(6-8-18)25-12-15(11-21(25)27)22(28)30-13-20(26)24-16-4-9-19(23)14(2)10-16/h4-10,15H,3,11-13H2,1-2H3,(H,24,26)/t15-/m1/s1. The molecule has 1 aliphatic rings. The van der Waals surface area contributed by atoms with Gasteiger partial charge in [-0.3, -0.25) is 14.4 Å². The maximum atomic E-state index is 12.4. The summed E-state index contributed by atoms with van der Waals surface area (Å²) in [5.41, 5.74) is 2.29. The highest BCUT2D eigenvalue weighted by Crippen LogP contribution is 2.27. The van der Waals surface area contributed by atoms with E-state index < -0.39 is 24.4 Å². The van der Waals surface area contributed by atoms with Crippen LogP contribution >= 0.6 is 15.9 Å². The first-order valence-corrected chi connectivity index (χ1v) is 10.4. The molecule has 0 aromatic heterocycles. The molecule has 30 heavy (non-hydrogen) atoms. The third kappa shape index (κ3) is 5.38. The summed E-state index contributed by atoms with van der Waals surface area (Å²) in [5, 5.41) is 2.69.